The highest BCUT2D eigenvalue weighted by molar-refractivity contribution is 4.91. The fraction of sp³-hybridized carbons (Fsp3) is 1.00. The Labute approximate surface area is 87.4 Å². The van der Waals surface area contributed by atoms with Crippen LogP contribution in [0.2, 0.25) is 0 Å². The van der Waals surface area contributed by atoms with Crippen LogP contribution in [0.3, 0.4) is 0 Å². The number of alkyl halides is 3. The van der Waals surface area contributed by atoms with Crippen LogP contribution in [0.25, 0.3) is 0 Å². The van der Waals surface area contributed by atoms with Crippen LogP contribution in [0.1, 0.15) is 12.8 Å². The van der Waals surface area contributed by atoms with Crippen LogP contribution in [0.5, 0.6) is 0 Å². The van der Waals surface area contributed by atoms with E-state index in [1.807, 2.05) is 0 Å². The molecule has 0 amide bonds. The Balaban J connectivity index is 2.58. The molecule has 1 unspecified atom stereocenters. The smallest absolute Gasteiger partial charge is 0.383 e. The molecule has 0 heterocycles. The van der Waals surface area contributed by atoms with Crippen molar-refractivity contribution in [2.24, 2.45) is 5.73 Å². The van der Waals surface area contributed by atoms with Gasteiger partial charge in [0.2, 0.25) is 0 Å². The number of nitrogens with zero attached hydrogens (tertiary/aromatic N) is 1. The number of hydrogen-bond donors (Lipinski definition) is 1. The van der Waals surface area contributed by atoms with Gasteiger partial charge in [-0.05, 0) is 12.8 Å². The van der Waals surface area contributed by atoms with Gasteiger partial charge in [-0.1, -0.05) is 0 Å². The van der Waals surface area contributed by atoms with E-state index in [9.17, 15) is 13.2 Å². The first-order chi connectivity index (χ1) is 7.00. The van der Waals surface area contributed by atoms with Crippen molar-refractivity contribution in [1.82, 2.24) is 4.90 Å². The molecule has 0 aromatic heterocycles. The van der Waals surface area contributed by atoms with Gasteiger partial charge >= 0.3 is 6.18 Å². The second-order valence-electron chi connectivity index (χ2n) is 3.75. The monoisotopic (exact) mass is 226 g/mol. The van der Waals surface area contributed by atoms with Gasteiger partial charge in [-0.15, -0.1) is 0 Å². The van der Waals surface area contributed by atoms with E-state index in [-0.39, 0.29) is 12.6 Å². The van der Waals surface area contributed by atoms with Gasteiger partial charge in [-0.25, -0.2) is 0 Å². The van der Waals surface area contributed by atoms with Crippen molar-refractivity contribution in [3.05, 3.63) is 0 Å². The normalized spacial score (nSPS) is 19.6. The minimum atomic E-state index is -4.24. The highest BCUT2D eigenvalue weighted by Gasteiger charge is 2.46. The third-order valence-corrected chi connectivity index (χ3v) is 2.57. The van der Waals surface area contributed by atoms with Crippen molar-refractivity contribution < 1.29 is 17.9 Å². The number of ether oxygens (including phenoxy) is 1. The molecule has 1 atom stereocenters. The first-order valence-corrected chi connectivity index (χ1v) is 5.02. The van der Waals surface area contributed by atoms with Crippen LogP contribution in [-0.2, 0) is 4.74 Å². The highest BCUT2D eigenvalue weighted by atomic mass is 19.4. The summed E-state index contributed by atoms with van der Waals surface area (Å²) in [5, 5.41) is 0. The third kappa shape index (κ3) is 3.62. The summed E-state index contributed by atoms with van der Waals surface area (Å²) in [7, 11) is 1.48. The van der Waals surface area contributed by atoms with Crippen LogP contribution < -0.4 is 5.73 Å². The highest BCUT2D eigenvalue weighted by Crippen LogP contribution is 2.33. The van der Waals surface area contributed by atoms with Crippen LogP contribution in [0, 0.1) is 0 Å². The molecule has 90 valence electrons. The first kappa shape index (κ1) is 12.7. The summed E-state index contributed by atoms with van der Waals surface area (Å²) in [6.07, 6.45) is -2.59. The maximum Gasteiger partial charge on any atom is 0.405 e. The summed E-state index contributed by atoms with van der Waals surface area (Å²) in [4.78, 5) is 1.42. The van der Waals surface area contributed by atoms with Crippen molar-refractivity contribution >= 4 is 0 Å². The fourth-order valence-electron chi connectivity index (χ4n) is 1.65. The number of hydrogen-bond acceptors (Lipinski definition) is 3. The average molecular weight is 226 g/mol. The lowest BCUT2D eigenvalue weighted by Gasteiger charge is -2.32. The van der Waals surface area contributed by atoms with Crippen molar-refractivity contribution in [3.63, 3.8) is 0 Å². The number of nitrogens with two attached hydrogens (primary N) is 1. The molecular weight excluding hydrogens is 209 g/mol. The molecule has 0 aliphatic heterocycles. The molecule has 3 nitrogen and oxygen atoms in total. The van der Waals surface area contributed by atoms with Crippen molar-refractivity contribution in [3.8, 4) is 0 Å². The molecule has 1 rings (SSSR count). The van der Waals surface area contributed by atoms with Crippen molar-refractivity contribution in [2.45, 2.75) is 31.1 Å². The molecule has 0 spiro atoms. The number of halogens is 3. The molecule has 1 aliphatic rings. The van der Waals surface area contributed by atoms with Gasteiger partial charge in [0.05, 0.1) is 6.61 Å². The van der Waals surface area contributed by atoms with Gasteiger partial charge in [-0.2, -0.15) is 13.2 Å². The zero-order valence-electron chi connectivity index (χ0n) is 8.76. The predicted octanol–water partition coefficient (Wildman–Crippen LogP) is 0.987. The van der Waals surface area contributed by atoms with Gasteiger partial charge in [-0.3, -0.25) is 4.90 Å². The van der Waals surface area contributed by atoms with Crippen LogP contribution in [0.4, 0.5) is 13.2 Å². The standard InChI is InChI=1S/C9H17F3N2O/c1-15-5-4-14(7-2-3-7)8(6-13)9(10,11)12/h7-8H,2-6,13H2,1H3. The zero-order valence-corrected chi connectivity index (χ0v) is 8.76. The van der Waals surface area contributed by atoms with Crippen molar-refractivity contribution in [2.75, 3.05) is 26.8 Å². The number of methoxy groups -OCH3 is 1. The Morgan fingerprint density at radius 1 is 1.47 bits per heavy atom. The first-order valence-electron chi connectivity index (χ1n) is 5.02. The fourth-order valence-corrected chi connectivity index (χ4v) is 1.65. The minimum absolute atomic E-state index is 0.0373. The van der Waals surface area contributed by atoms with Crippen LogP contribution in [-0.4, -0.2) is 50.0 Å². The SMILES string of the molecule is COCCN(C1CC1)C(CN)C(F)(F)F. The quantitative estimate of drug-likeness (QED) is 0.734. The molecule has 15 heavy (non-hydrogen) atoms. The van der Waals surface area contributed by atoms with Crippen LogP contribution >= 0.6 is 0 Å². The van der Waals surface area contributed by atoms with E-state index >= 15 is 0 Å². The molecule has 0 aromatic rings. The van der Waals surface area contributed by atoms with E-state index in [1.165, 1.54) is 12.0 Å². The summed E-state index contributed by atoms with van der Waals surface area (Å²) in [6.45, 7) is 0.218. The predicted molar refractivity (Wildman–Crippen MR) is 50.5 cm³/mol. The topological polar surface area (TPSA) is 38.5 Å². The molecule has 0 saturated heterocycles. The maximum absolute atomic E-state index is 12.6. The van der Waals surface area contributed by atoms with E-state index in [0.29, 0.717) is 13.2 Å². The lowest BCUT2D eigenvalue weighted by Crippen LogP contribution is -2.52. The molecule has 6 heteroatoms. The Hall–Kier alpha value is -0.330. The van der Waals surface area contributed by atoms with E-state index in [0.717, 1.165) is 12.8 Å². The Kier molecular flexibility index (Phi) is 4.36. The second-order valence-corrected chi connectivity index (χ2v) is 3.75. The van der Waals surface area contributed by atoms with E-state index in [2.05, 4.69) is 0 Å². The Morgan fingerprint density at radius 3 is 2.40 bits per heavy atom. The molecular formula is C9H17F3N2O. The molecule has 0 aromatic carbocycles. The van der Waals surface area contributed by atoms with E-state index in [1.54, 1.807) is 0 Å². The summed E-state index contributed by atoms with van der Waals surface area (Å²) in [5.74, 6) is 0. The largest absolute Gasteiger partial charge is 0.405 e. The van der Waals surface area contributed by atoms with Gasteiger partial charge < -0.3 is 10.5 Å². The molecule has 0 bridgehead atoms. The third-order valence-electron chi connectivity index (χ3n) is 2.57. The minimum Gasteiger partial charge on any atom is -0.383 e. The summed E-state index contributed by atoms with van der Waals surface area (Å²) in [5.41, 5.74) is 5.19. The van der Waals surface area contributed by atoms with Gasteiger partial charge in [0.15, 0.2) is 0 Å². The summed E-state index contributed by atoms with van der Waals surface area (Å²) >= 11 is 0. The summed E-state index contributed by atoms with van der Waals surface area (Å²) in [6, 6.07) is -1.49. The van der Waals surface area contributed by atoms with Crippen molar-refractivity contribution in [1.29, 1.82) is 0 Å². The van der Waals surface area contributed by atoms with Crippen LogP contribution in [0.15, 0.2) is 0 Å². The molecule has 2 N–H and O–H groups in total. The van der Waals surface area contributed by atoms with E-state index < -0.39 is 12.2 Å². The average Bonchev–Trinajstić information content (AvgIpc) is 2.93. The zero-order chi connectivity index (χ0) is 11.5. The lowest BCUT2D eigenvalue weighted by molar-refractivity contribution is -0.183. The Morgan fingerprint density at radius 2 is 2.07 bits per heavy atom. The van der Waals surface area contributed by atoms with Gasteiger partial charge in [0.25, 0.3) is 0 Å². The Bertz CT molecular complexity index is 194. The van der Waals surface area contributed by atoms with Gasteiger partial charge in [0, 0.05) is 26.2 Å². The molecule has 1 fully saturated rings. The van der Waals surface area contributed by atoms with Gasteiger partial charge in [0.1, 0.15) is 6.04 Å². The molecule has 1 aliphatic carbocycles. The van der Waals surface area contributed by atoms with E-state index in [4.69, 9.17) is 10.5 Å². The lowest BCUT2D eigenvalue weighted by atomic mass is 10.2. The maximum atomic E-state index is 12.6. The summed E-state index contributed by atoms with van der Waals surface area (Å²) < 4.78 is 42.7. The molecule has 1 saturated carbocycles. The second kappa shape index (κ2) is 5.14. The number of rotatable bonds is 6. The molecule has 0 radical (unpaired) electrons.